The minimum atomic E-state index is -1.06. The summed E-state index contributed by atoms with van der Waals surface area (Å²) in [6.45, 7) is 23.4. The van der Waals surface area contributed by atoms with Crippen LogP contribution in [0.2, 0.25) is 0 Å². The third kappa shape index (κ3) is 7.36. The molecule has 0 saturated carbocycles. The van der Waals surface area contributed by atoms with Gasteiger partial charge in [0.15, 0.2) is 0 Å². The first-order valence-corrected chi connectivity index (χ1v) is 10.2. The van der Waals surface area contributed by atoms with Crippen LogP contribution in [0.15, 0.2) is 42.5 Å². The third-order valence-corrected chi connectivity index (χ3v) is 4.94. The molecule has 1 rings (SSSR count). The fourth-order valence-corrected chi connectivity index (χ4v) is 3.14. The van der Waals surface area contributed by atoms with E-state index in [1.807, 2.05) is 26.0 Å². The third-order valence-electron chi connectivity index (χ3n) is 4.94. The number of carbonyl (C=O) groups is 1. The molecule has 0 fully saturated rings. The molecule has 4 heteroatoms. The van der Waals surface area contributed by atoms with Crippen molar-refractivity contribution in [1.82, 2.24) is 0 Å². The van der Waals surface area contributed by atoms with Crippen molar-refractivity contribution in [3.63, 3.8) is 0 Å². The fourth-order valence-electron chi connectivity index (χ4n) is 3.14. The number of rotatable bonds is 9. The van der Waals surface area contributed by atoms with Crippen LogP contribution in [0.4, 0.5) is 0 Å². The van der Waals surface area contributed by atoms with Crippen LogP contribution in [0, 0.1) is 11.8 Å². The molecule has 0 aliphatic rings. The molecule has 0 spiro atoms. The number of benzene rings is 1. The summed E-state index contributed by atoms with van der Waals surface area (Å²) in [7, 11) is 0. The topological polar surface area (TPSA) is 55.8 Å². The van der Waals surface area contributed by atoms with Crippen molar-refractivity contribution in [2.24, 2.45) is 11.8 Å². The molecule has 1 aromatic rings. The van der Waals surface area contributed by atoms with Gasteiger partial charge in [0.05, 0.1) is 0 Å². The van der Waals surface area contributed by atoms with E-state index in [-0.39, 0.29) is 29.3 Å². The molecule has 1 N–H and O–H groups in total. The zero-order chi connectivity index (χ0) is 22.5. The molecule has 29 heavy (non-hydrogen) atoms. The molecule has 3 unspecified atom stereocenters. The first kappa shape index (κ1) is 25.0. The van der Waals surface area contributed by atoms with E-state index in [2.05, 4.69) is 46.9 Å². The maximum absolute atomic E-state index is 12.1. The van der Waals surface area contributed by atoms with Crippen LogP contribution in [-0.2, 0) is 21.4 Å². The van der Waals surface area contributed by atoms with Crippen LogP contribution in [-0.4, -0.2) is 23.5 Å². The van der Waals surface area contributed by atoms with Crippen LogP contribution in [0.5, 0.6) is 5.75 Å². The number of aliphatic hydroxyl groups excluding tert-OH is 1. The minimum absolute atomic E-state index is 0.0205. The van der Waals surface area contributed by atoms with E-state index in [0.717, 1.165) is 5.56 Å². The minimum Gasteiger partial charge on any atom is -0.461 e. The Balaban J connectivity index is 3.24. The molecule has 0 aliphatic carbocycles. The van der Waals surface area contributed by atoms with Crippen LogP contribution in [0.3, 0.4) is 0 Å². The molecular weight excluding hydrogens is 364 g/mol. The quantitative estimate of drug-likeness (QED) is 0.253. The summed E-state index contributed by atoms with van der Waals surface area (Å²) in [5, 5.41) is 10.1. The smallest absolute Gasteiger partial charge is 0.333 e. The monoisotopic (exact) mass is 402 g/mol. The van der Waals surface area contributed by atoms with Crippen LogP contribution in [0.25, 0.3) is 0 Å². The largest absolute Gasteiger partial charge is 0.461 e. The molecular formula is C25H38O4. The number of hydrogen-bond acceptors (Lipinski definition) is 4. The number of aliphatic hydroxyl groups is 1. The molecule has 162 valence electrons. The molecule has 1 aromatic carbocycles. The van der Waals surface area contributed by atoms with Crippen molar-refractivity contribution in [2.75, 3.05) is 0 Å². The highest BCUT2D eigenvalue weighted by Gasteiger charge is 2.27. The Bertz CT molecular complexity index is 740. The summed E-state index contributed by atoms with van der Waals surface area (Å²) in [6, 6.07) is 6.05. The highest BCUT2D eigenvalue weighted by atomic mass is 16.6. The van der Waals surface area contributed by atoms with Gasteiger partial charge in [-0.05, 0) is 60.3 Å². The van der Waals surface area contributed by atoms with E-state index in [9.17, 15) is 9.90 Å². The van der Waals surface area contributed by atoms with Gasteiger partial charge >= 0.3 is 5.97 Å². The Morgan fingerprint density at radius 1 is 1.14 bits per heavy atom. The molecule has 0 amide bonds. The zero-order valence-electron chi connectivity index (χ0n) is 19.3. The van der Waals surface area contributed by atoms with Crippen molar-refractivity contribution in [2.45, 2.75) is 79.6 Å². The number of carbonyl (C=O) groups excluding carboxylic acids is 1. The average Bonchev–Trinajstić information content (AvgIpc) is 2.59. The predicted octanol–water partition coefficient (Wildman–Crippen LogP) is 5.58. The van der Waals surface area contributed by atoms with Gasteiger partial charge in [-0.1, -0.05) is 66.8 Å². The van der Waals surface area contributed by atoms with Crippen molar-refractivity contribution in [3.8, 4) is 5.75 Å². The van der Waals surface area contributed by atoms with E-state index in [1.165, 1.54) is 5.56 Å². The Morgan fingerprint density at radius 3 is 2.17 bits per heavy atom. The van der Waals surface area contributed by atoms with E-state index >= 15 is 0 Å². The van der Waals surface area contributed by atoms with Crippen LogP contribution >= 0.6 is 0 Å². The van der Waals surface area contributed by atoms with Crippen LogP contribution in [0.1, 0.15) is 66.5 Å². The van der Waals surface area contributed by atoms with Gasteiger partial charge in [-0.3, -0.25) is 0 Å². The van der Waals surface area contributed by atoms with Crippen molar-refractivity contribution < 1.29 is 19.4 Å². The van der Waals surface area contributed by atoms with Gasteiger partial charge in [-0.25, -0.2) is 4.79 Å². The van der Waals surface area contributed by atoms with E-state index in [1.54, 1.807) is 13.8 Å². The second-order valence-corrected chi connectivity index (χ2v) is 9.46. The maximum atomic E-state index is 12.1. The first-order valence-electron chi connectivity index (χ1n) is 10.2. The van der Waals surface area contributed by atoms with E-state index in [4.69, 9.17) is 9.47 Å². The predicted molar refractivity (Wildman–Crippen MR) is 119 cm³/mol. The summed E-state index contributed by atoms with van der Waals surface area (Å²) in [5.74, 6) is 0.463. The van der Waals surface area contributed by atoms with Gasteiger partial charge in [0.25, 0.3) is 0 Å². The highest BCUT2D eigenvalue weighted by molar-refractivity contribution is 5.87. The Morgan fingerprint density at radius 2 is 1.72 bits per heavy atom. The van der Waals surface area contributed by atoms with Gasteiger partial charge in [0.1, 0.15) is 11.9 Å². The second kappa shape index (κ2) is 10.1. The molecule has 0 heterocycles. The molecule has 0 radical (unpaired) electrons. The molecule has 0 aromatic heterocycles. The summed E-state index contributed by atoms with van der Waals surface area (Å²) < 4.78 is 11.5. The lowest BCUT2D eigenvalue weighted by Crippen LogP contribution is -2.32. The Kier molecular flexibility index (Phi) is 8.70. The van der Waals surface area contributed by atoms with Crippen molar-refractivity contribution in [3.05, 3.63) is 53.6 Å². The van der Waals surface area contributed by atoms with Gasteiger partial charge in [0.2, 0.25) is 6.29 Å². The fraction of sp³-hybridized carbons (Fsp3) is 0.560. The van der Waals surface area contributed by atoms with Gasteiger partial charge in [-0.15, -0.1) is 0 Å². The molecule has 0 aliphatic heterocycles. The molecule has 0 saturated heterocycles. The zero-order valence-corrected chi connectivity index (χ0v) is 19.3. The normalized spacial score (nSPS) is 14.8. The van der Waals surface area contributed by atoms with Crippen molar-refractivity contribution >= 4 is 5.97 Å². The number of esters is 1. The Hall–Kier alpha value is -2.07. The summed E-state index contributed by atoms with van der Waals surface area (Å²) in [6.07, 6.45) is -0.669. The Labute approximate surface area is 176 Å². The van der Waals surface area contributed by atoms with Gasteiger partial charge < -0.3 is 14.6 Å². The lowest BCUT2D eigenvalue weighted by Gasteiger charge is -2.29. The van der Waals surface area contributed by atoms with Gasteiger partial charge in [-0.2, -0.15) is 0 Å². The van der Waals surface area contributed by atoms with E-state index < -0.39 is 6.29 Å². The molecule has 3 atom stereocenters. The van der Waals surface area contributed by atoms with Crippen molar-refractivity contribution in [1.29, 1.82) is 0 Å². The number of hydrogen-bond donors (Lipinski definition) is 1. The van der Waals surface area contributed by atoms with E-state index in [0.29, 0.717) is 23.3 Å². The lowest BCUT2D eigenvalue weighted by atomic mass is 9.83. The summed E-state index contributed by atoms with van der Waals surface area (Å²) >= 11 is 0. The summed E-state index contributed by atoms with van der Waals surface area (Å²) in [5.41, 5.74) is 3.07. The first-order chi connectivity index (χ1) is 13.2. The highest BCUT2D eigenvalue weighted by Crippen LogP contribution is 2.32. The molecule has 4 nitrogen and oxygen atoms in total. The van der Waals surface area contributed by atoms with Crippen LogP contribution < -0.4 is 4.74 Å². The van der Waals surface area contributed by atoms with Gasteiger partial charge in [0, 0.05) is 5.57 Å². The SMILES string of the molecule is C=C(C)C(=O)OC(C(C)C)C(C)Cc1cc(C(C)(C)C)ccc1OC(O)C(=C)C. The standard InChI is InChI=1S/C25H38O4/c1-15(2)22(29-24(27)17(5)6)18(7)13-19-14-20(25(8,9)10)11-12-21(19)28-23(26)16(3)4/h11-12,14-15,18,22-23,26H,3,5,13H2,1-2,4,6-10H3. The summed E-state index contributed by atoms with van der Waals surface area (Å²) in [4.78, 5) is 12.1. The number of ether oxygens (including phenoxy) is 2. The lowest BCUT2D eigenvalue weighted by molar-refractivity contribution is -0.149. The average molecular weight is 403 g/mol. The maximum Gasteiger partial charge on any atom is 0.333 e. The molecule has 0 bridgehead atoms. The second-order valence-electron chi connectivity index (χ2n) is 9.46.